The van der Waals surface area contributed by atoms with Gasteiger partial charge in [0, 0.05) is 10.6 Å². The molecule has 0 aliphatic carbocycles. The molecule has 0 N–H and O–H groups in total. The highest BCUT2D eigenvalue weighted by Crippen LogP contribution is 2.44. The molecule has 1 saturated heterocycles. The number of alkyl halides is 1. The van der Waals surface area contributed by atoms with Gasteiger partial charge in [-0.15, -0.1) is 21.8 Å². The van der Waals surface area contributed by atoms with Crippen molar-refractivity contribution in [2.45, 2.75) is 11.4 Å². The van der Waals surface area contributed by atoms with Gasteiger partial charge < -0.3 is 4.74 Å². The van der Waals surface area contributed by atoms with Crippen molar-refractivity contribution in [2.75, 3.05) is 12.0 Å². The van der Waals surface area contributed by atoms with E-state index in [0.717, 1.165) is 21.9 Å². The molecule has 8 heteroatoms. The van der Waals surface area contributed by atoms with E-state index in [9.17, 15) is 4.79 Å². The number of hydrogen-bond acceptors (Lipinski definition) is 5. The Labute approximate surface area is 164 Å². The molecule has 2 unspecified atom stereocenters. The summed E-state index contributed by atoms with van der Waals surface area (Å²) in [5, 5.41) is 9.67. The Bertz CT molecular complexity index is 944. The number of aromatic nitrogens is 2. The lowest BCUT2D eigenvalue weighted by Gasteiger charge is -2.42. The van der Waals surface area contributed by atoms with E-state index in [1.807, 2.05) is 36.4 Å². The van der Waals surface area contributed by atoms with Crippen LogP contribution in [0.5, 0.6) is 5.75 Å². The minimum Gasteiger partial charge on any atom is -0.497 e. The predicted molar refractivity (Wildman–Crippen MR) is 103 cm³/mol. The number of nitrogens with zero attached hydrogens (tertiary/aromatic N) is 3. The smallest absolute Gasteiger partial charge is 0.250 e. The van der Waals surface area contributed by atoms with E-state index in [1.54, 1.807) is 24.1 Å². The first-order valence-corrected chi connectivity index (χ1v) is 9.42. The van der Waals surface area contributed by atoms with Gasteiger partial charge in [-0.3, -0.25) is 9.69 Å². The fraction of sp³-hybridized carbons (Fsp3) is 0.167. The number of carbonyl (C=O) groups excluding carboxylic acids is 1. The van der Waals surface area contributed by atoms with E-state index >= 15 is 0 Å². The molecule has 0 radical (unpaired) electrons. The maximum atomic E-state index is 12.3. The summed E-state index contributed by atoms with van der Waals surface area (Å²) < 4.78 is 5.16. The van der Waals surface area contributed by atoms with Crippen molar-refractivity contribution < 1.29 is 9.53 Å². The van der Waals surface area contributed by atoms with Crippen LogP contribution in [0.1, 0.15) is 11.6 Å². The molecular weight excluding hydrogens is 393 g/mol. The lowest BCUT2D eigenvalue weighted by Crippen LogP contribution is -2.56. The van der Waals surface area contributed by atoms with Crippen molar-refractivity contribution in [3.05, 3.63) is 59.1 Å². The minimum absolute atomic E-state index is 0.177. The lowest BCUT2D eigenvalue weighted by atomic mass is 9.94. The molecule has 1 amide bonds. The fourth-order valence-corrected chi connectivity index (χ4v) is 4.19. The first-order valence-electron chi connectivity index (χ1n) is 7.79. The summed E-state index contributed by atoms with van der Waals surface area (Å²) in [6, 6.07) is 14.5. The van der Waals surface area contributed by atoms with Crippen molar-refractivity contribution in [3.8, 4) is 16.3 Å². The number of benzene rings is 2. The molecule has 4 rings (SSSR count). The Morgan fingerprint density at radius 1 is 1.08 bits per heavy atom. The number of halogens is 2. The van der Waals surface area contributed by atoms with Crippen LogP contribution in [-0.4, -0.2) is 28.6 Å². The third-order valence-corrected chi connectivity index (χ3v) is 5.85. The maximum absolute atomic E-state index is 12.3. The molecule has 2 aromatic carbocycles. The lowest BCUT2D eigenvalue weighted by molar-refractivity contribution is -0.123. The molecule has 3 aromatic rings. The Morgan fingerprint density at radius 3 is 2.42 bits per heavy atom. The topological polar surface area (TPSA) is 55.3 Å². The summed E-state index contributed by atoms with van der Waals surface area (Å²) in [4.78, 5) is 13.9. The van der Waals surface area contributed by atoms with Crippen molar-refractivity contribution in [3.63, 3.8) is 0 Å². The largest absolute Gasteiger partial charge is 0.497 e. The number of carbonyl (C=O) groups is 1. The second kappa shape index (κ2) is 6.87. The first-order chi connectivity index (χ1) is 12.6. The normalized spacial score (nSPS) is 19.3. The van der Waals surface area contributed by atoms with Crippen molar-refractivity contribution >= 4 is 45.6 Å². The third kappa shape index (κ3) is 2.94. The van der Waals surface area contributed by atoms with Crippen LogP contribution in [0.25, 0.3) is 10.6 Å². The van der Waals surface area contributed by atoms with Crippen LogP contribution in [-0.2, 0) is 4.79 Å². The molecule has 1 aliphatic heterocycles. The predicted octanol–water partition coefficient (Wildman–Crippen LogP) is 4.56. The molecule has 132 valence electrons. The highest BCUT2D eigenvalue weighted by atomic mass is 35.5. The SMILES string of the molecule is COc1ccc(-c2nnc(N3C(=O)C(Cl)C3c3ccc(Cl)cc3)s2)cc1. The quantitative estimate of drug-likeness (QED) is 0.471. The van der Waals surface area contributed by atoms with E-state index in [4.69, 9.17) is 27.9 Å². The summed E-state index contributed by atoms with van der Waals surface area (Å²) in [5.74, 6) is 0.591. The zero-order valence-corrected chi connectivity index (χ0v) is 15.9. The van der Waals surface area contributed by atoms with Gasteiger partial charge >= 0.3 is 0 Å². The number of β-lactam (4-membered cyclic amide) rings is 1. The van der Waals surface area contributed by atoms with Crippen LogP contribution >= 0.6 is 34.5 Å². The number of methoxy groups -OCH3 is 1. The van der Waals surface area contributed by atoms with Crippen molar-refractivity contribution in [1.82, 2.24) is 10.2 Å². The monoisotopic (exact) mass is 405 g/mol. The Hall–Kier alpha value is -2.15. The van der Waals surface area contributed by atoms with Crippen LogP contribution in [0, 0.1) is 0 Å². The summed E-state index contributed by atoms with van der Waals surface area (Å²) in [5.41, 5.74) is 1.82. The summed E-state index contributed by atoms with van der Waals surface area (Å²) in [6.07, 6.45) is 0. The van der Waals surface area contributed by atoms with E-state index in [1.165, 1.54) is 11.3 Å². The zero-order valence-electron chi connectivity index (χ0n) is 13.6. The summed E-state index contributed by atoms with van der Waals surface area (Å²) in [6.45, 7) is 0. The zero-order chi connectivity index (χ0) is 18.3. The number of hydrogen-bond donors (Lipinski definition) is 0. The van der Waals surface area contributed by atoms with E-state index < -0.39 is 5.38 Å². The molecule has 0 spiro atoms. The Morgan fingerprint density at radius 2 is 1.77 bits per heavy atom. The molecule has 5 nitrogen and oxygen atoms in total. The van der Waals surface area contributed by atoms with Gasteiger partial charge in [0.25, 0.3) is 0 Å². The maximum Gasteiger partial charge on any atom is 0.250 e. The van der Waals surface area contributed by atoms with Crippen molar-refractivity contribution in [2.24, 2.45) is 0 Å². The number of ether oxygens (including phenoxy) is 1. The molecule has 0 saturated carbocycles. The van der Waals surface area contributed by atoms with Gasteiger partial charge in [-0.1, -0.05) is 35.1 Å². The van der Waals surface area contributed by atoms with E-state index in [-0.39, 0.29) is 11.9 Å². The molecular formula is C18H13Cl2N3O2S. The van der Waals surface area contributed by atoms with Gasteiger partial charge in [0.15, 0.2) is 0 Å². The van der Waals surface area contributed by atoms with Crippen molar-refractivity contribution in [1.29, 1.82) is 0 Å². The molecule has 2 atom stereocenters. The minimum atomic E-state index is -0.621. The van der Waals surface area contributed by atoms with E-state index in [2.05, 4.69) is 10.2 Å². The third-order valence-electron chi connectivity index (χ3n) is 4.20. The molecule has 2 heterocycles. The van der Waals surface area contributed by atoms with Crippen LogP contribution in [0.15, 0.2) is 48.5 Å². The van der Waals surface area contributed by atoms with Gasteiger partial charge in [-0.05, 0) is 42.0 Å². The Balaban J connectivity index is 1.62. The second-order valence-electron chi connectivity index (χ2n) is 5.72. The highest BCUT2D eigenvalue weighted by molar-refractivity contribution is 7.18. The number of amides is 1. The van der Waals surface area contributed by atoms with Gasteiger partial charge in [0.2, 0.25) is 11.0 Å². The standard InChI is InChI=1S/C18H13Cl2N3O2S/c1-25-13-8-4-11(5-9-13)16-21-22-18(26-16)23-15(14(20)17(23)24)10-2-6-12(19)7-3-10/h2-9,14-15H,1H3. The summed E-state index contributed by atoms with van der Waals surface area (Å²) in [7, 11) is 1.62. The summed E-state index contributed by atoms with van der Waals surface area (Å²) >= 11 is 13.6. The van der Waals surface area contributed by atoms with Gasteiger partial charge in [-0.2, -0.15) is 0 Å². The van der Waals surface area contributed by atoms with Gasteiger partial charge in [-0.25, -0.2) is 0 Å². The Kier molecular flexibility index (Phi) is 4.56. The molecule has 0 bridgehead atoms. The average Bonchev–Trinajstić information content (AvgIpc) is 3.15. The highest BCUT2D eigenvalue weighted by Gasteiger charge is 2.49. The molecule has 1 fully saturated rings. The van der Waals surface area contributed by atoms with Crippen LogP contribution in [0.2, 0.25) is 5.02 Å². The first kappa shape index (κ1) is 17.3. The van der Waals surface area contributed by atoms with E-state index in [0.29, 0.717) is 10.2 Å². The number of anilines is 1. The average molecular weight is 406 g/mol. The van der Waals surface area contributed by atoms with Gasteiger partial charge in [0.05, 0.1) is 13.2 Å². The fourth-order valence-electron chi connectivity index (χ4n) is 2.81. The molecule has 1 aliphatic rings. The molecule has 1 aromatic heterocycles. The van der Waals surface area contributed by atoms with Crippen LogP contribution in [0.4, 0.5) is 5.13 Å². The second-order valence-corrected chi connectivity index (χ2v) is 7.59. The molecule has 26 heavy (non-hydrogen) atoms. The van der Waals surface area contributed by atoms with Crippen LogP contribution < -0.4 is 9.64 Å². The van der Waals surface area contributed by atoms with Gasteiger partial charge in [0.1, 0.15) is 16.1 Å². The van der Waals surface area contributed by atoms with Crippen LogP contribution in [0.3, 0.4) is 0 Å². The number of rotatable bonds is 4.